The van der Waals surface area contributed by atoms with Crippen LogP contribution in [0, 0.1) is 17.1 Å². The molecule has 16 heavy (non-hydrogen) atoms. The molecule has 0 aliphatic rings. The minimum Gasteiger partial charge on any atom is -0.398 e. The summed E-state index contributed by atoms with van der Waals surface area (Å²) in [5.74, 6) is -0.846. The lowest BCUT2D eigenvalue weighted by Crippen LogP contribution is -2.09. The number of nitriles is 1. The third-order valence-electron chi connectivity index (χ3n) is 2.01. The molecule has 0 aliphatic heterocycles. The van der Waals surface area contributed by atoms with Gasteiger partial charge in [0, 0.05) is 6.42 Å². The third kappa shape index (κ3) is 2.94. The molecule has 1 aromatic carbocycles. The number of hydrogen-bond acceptors (Lipinski definition) is 4. The summed E-state index contributed by atoms with van der Waals surface area (Å²) >= 11 is 0. The smallest absolute Gasteiger partial charge is 0.180 e. The fourth-order valence-corrected chi connectivity index (χ4v) is 2.69. The van der Waals surface area contributed by atoms with Gasteiger partial charge >= 0.3 is 0 Å². The number of nitrogen functional groups attached to an aromatic ring is 1. The summed E-state index contributed by atoms with van der Waals surface area (Å²) in [6.07, 6.45) is 0.364. The number of benzene rings is 1. The Balaban J connectivity index is 2.99. The number of anilines is 1. The van der Waals surface area contributed by atoms with Crippen LogP contribution in [0.1, 0.15) is 12.8 Å². The van der Waals surface area contributed by atoms with Gasteiger partial charge in [0.1, 0.15) is 5.82 Å². The first kappa shape index (κ1) is 12.5. The third-order valence-corrected chi connectivity index (χ3v) is 3.86. The lowest BCUT2D eigenvalue weighted by Gasteiger charge is -2.06. The van der Waals surface area contributed by atoms with E-state index < -0.39 is 15.7 Å². The van der Waals surface area contributed by atoms with E-state index >= 15 is 0 Å². The molecule has 0 atom stereocenters. The SMILES string of the molecule is N#CCCCS(=O)(=O)c1cc(F)ccc1N. The average Bonchev–Trinajstić information content (AvgIpc) is 2.22. The molecule has 1 rings (SSSR count). The first-order valence-corrected chi connectivity index (χ1v) is 6.27. The molecule has 0 fully saturated rings. The number of unbranched alkanes of at least 4 members (excludes halogenated alkanes) is 1. The molecule has 0 heterocycles. The number of nitrogens with zero attached hydrogens (tertiary/aromatic N) is 1. The molecular formula is C10H11FN2O2S. The molecule has 1 aromatic rings. The van der Waals surface area contributed by atoms with Gasteiger partial charge in [0.25, 0.3) is 0 Å². The minimum absolute atomic E-state index is 0.0263. The van der Waals surface area contributed by atoms with Crippen LogP contribution < -0.4 is 5.73 Å². The maximum Gasteiger partial charge on any atom is 0.180 e. The van der Waals surface area contributed by atoms with Crippen LogP contribution in [0.25, 0.3) is 0 Å². The Hall–Kier alpha value is -1.61. The summed E-state index contributed by atoms with van der Waals surface area (Å²) in [4.78, 5) is -0.203. The Labute approximate surface area is 93.4 Å². The Morgan fingerprint density at radius 3 is 2.75 bits per heavy atom. The van der Waals surface area contributed by atoms with Crippen molar-refractivity contribution in [3.63, 3.8) is 0 Å². The Morgan fingerprint density at radius 1 is 1.44 bits per heavy atom. The summed E-state index contributed by atoms with van der Waals surface area (Å²) in [5.41, 5.74) is 5.50. The fraction of sp³-hybridized carbons (Fsp3) is 0.300. The van der Waals surface area contributed by atoms with Gasteiger partial charge in [-0.1, -0.05) is 0 Å². The van der Waals surface area contributed by atoms with E-state index in [1.807, 2.05) is 6.07 Å². The predicted molar refractivity (Wildman–Crippen MR) is 57.7 cm³/mol. The molecule has 0 saturated heterocycles. The lowest BCUT2D eigenvalue weighted by molar-refractivity contribution is 0.589. The van der Waals surface area contributed by atoms with Gasteiger partial charge in [-0.25, -0.2) is 12.8 Å². The number of sulfone groups is 1. The van der Waals surface area contributed by atoms with Crippen molar-refractivity contribution >= 4 is 15.5 Å². The largest absolute Gasteiger partial charge is 0.398 e. The van der Waals surface area contributed by atoms with Crippen molar-refractivity contribution in [3.8, 4) is 6.07 Å². The summed E-state index contributed by atoms with van der Waals surface area (Å²) in [5, 5.41) is 8.30. The topological polar surface area (TPSA) is 84.0 Å². The summed E-state index contributed by atoms with van der Waals surface area (Å²) in [6.45, 7) is 0. The van der Waals surface area contributed by atoms with Gasteiger partial charge in [-0.15, -0.1) is 0 Å². The maximum absolute atomic E-state index is 12.9. The molecule has 4 nitrogen and oxygen atoms in total. The van der Waals surface area contributed by atoms with E-state index in [9.17, 15) is 12.8 Å². The molecule has 0 bridgehead atoms. The Morgan fingerprint density at radius 2 is 2.12 bits per heavy atom. The molecule has 0 radical (unpaired) electrons. The molecule has 0 saturated carbocycles. The second-order valence-corrected chi connectivity index (χ2v) is 5.34. The standard InChI is InChI=1S/C10H11FN2O2S/c11-8-3-4-9(13)10(7-8)16(14,15)6-2-1-5-12/h3-4,7H,1-2,6,13H2. The van der Waals surface area contributed by atoms with E-state index in [4.69, 9.17) is 11.0 Å². The maximum atomic E-state index is 12.9. The number of nitrogens with two attached hydrogens (primary N) is 1. The monoisotopic (exact) mass is 242 g/mol. The van der Waals surface area contributed by atoms with E-state index in [0.29, 0.717) is 0 Å². The van der Waals surface area contributed by atoms with Crippen molar-refractivity contribution in [2.24, 2.45) is 0 Å². The quantitative estimate of drug-likeness (QED) is 0.640. The Bertz CT molecular complexity index is 520. The van der Waals surface area contributed by atoms with Gasteiger partial charge in [-0.3, -0.25) is 0 Å². The van der Waals surface area contributed by atoms with Gasteiger partial charge in [0.2, 0.25) is 0 Å². The molecule has 0 unspecified atom stereocenters. The molecule has 6 heteroatoms. The molecule has 0 aromatic heterocycles. The fourth-order valence-electron chi connectivity index (χ4n) is 1.23. The van der Waals surface area contributed by atoms with Crippen LogP contribution in [0.2, 0.25) is 0 Å². The molecule has 0 spiro atoms. The predicted octanol–water partition coefficient (Wildman–Crippen LogP) is 1.49. The molecule has 2 N–H and O–H groups in total. The molecule has 86 valence electrons. The lowest BCUT2D eigenvalue weighted by atomic mass is 10.3. The van der Waals surface area contributed by atoms with Crippen LogP contribution in [-0.4, -0.2) is 14.2 Å². The van der Waals surface area contributed by atoms with Gasteiger partial charge in [0.15, 0.2) is 9.84 Å². The van der Waals surface area contributed by atoms with Crippen LogP contribution in [0.15, 0.2) is 23.1 Å². The van der Waals surface area contributed by atoms with Crippen LogP contribution in [0.4, 0.5) is 10.1 Å². The van der Waals surface area contributed by atoms with Crippen molar-refractivity contribution in [1.29, 1.82) is 5.26 Å². The van der Waals surface area contributed by atoms with Crippen molar-refractivity contribution in [2.75, 3.05) is 11.5 Å². The van der Waals surface area contributed by atoms with Crippen molar-refractivity contribution in [3.05, 3.63) is 24.0 Å². The van der Waals surface area contributed by atoms with Crippen LogP contribution in [0.3, 0.4) is 0 Å². The highest BCUT2D eigenvalue weighted by molar-refractivity contribution is 7.91. The number of hydrogen-bond donors (Lipinski definition) is 1. The van der Waals surface area contributed by atoms with E-state index in [0.717, 1.165) is 12.1 Å². The van der Waals surface area contributed by atoms with Crippen molar-refractivity contribution < 1.29 is 12.8 Å². The van der Waals surface area contributed by atoms with Crippen molar-refractivity contribution in [1.82, 2.24) is 0 Å². The van der Waals surface area contributed by atoms with Crippen LogP contribution in [0.5, 0.6) is 0 Å². The molecule has 0 aliphatic carbocycles. The zero-order chi connectivity index (χ0) is 12.2. The Kier molecular flexibility index (Phi) is 3.85. The van der Waals surface area contributed by atoms with Crippen molar-refractivity contribution in [2.45, 2.75) is 17.7 Å². The minimum atomic E-state index is -3.60. The summed E-state index contributed by atoms with van der Waals surface area (Å²) in [6, 6.07) is 5.06. The molecular weight excluding hydrogens is 231 g/mol. The van der Waals surface area contributed by atoms with E-state index in [-0.39, 0.29) is 29.2 Å². The highest BCUT2D eigenvalue weighted by Gasteiger charge is 2.17. The van der Waals surface area contributed by atoms with Gasteiger partial charge in [0.05, 0.1) is 22.4 Å². The number of rotatable bonds is 4. The highest BCUT2D eigenvalue weighted by Crippen LogP contribution is 2.21. The zero-order valence-corrected chi connectivity index (χ0v) is 9.30. The molecule has 0 amide bonds. The van der Waals surface area contributed by atoms with Gasteiger partial charge in [-0.2, -0.15) is 5.26 Å². The first-order valence-electron chi connectivity index (χ1n) is 4.62. The first-order chi connectivity index (χ1) is 7.47. The summed E-state index contributed by atoms with van der Waals surface area (Å²) in [7, 11) is -3.60. The second-order valence-electron chi connectivity index (χ2n) is 3.26. The normalized spacial score (nSPS) is 11.0. The van der Waals surface area contributed by atoms with E-state index in [2.05, 4.69) is 0 Å². The van der Waals surface area contributed by atoms with Crippen LogP contribution in [-0.2, 0) is 9.84 Å². The van der Waals surface area contributed by atoms with Gasteiger partial charge < -0.3 is 5.73 Å². The number of halogens is 1. The van der Waals surface area contributed by atoms with Crippen LogP contribution >= 0.6 is 0 Å². The van der Waals surface area contributed by atoms with E-state index in [1.54, 1.807) is 0 Å². The van der Waals surface area contributed by atoms with Gasteiger partial charge in [-0.05, 0) is 24.6 Å². The summed E-state index contributed by atoms with van der Waals surface area (Å²) < 4.78 is 36.3. The zero-order valence-electron chi connectivity index (χ0n) is 8.48. The average molecular weight is 242 g/mol. The highest BCUT2D eigenvalue weighted by atomic mass is 32.2. The van der Waals surface area contributed by atoms with E-state index in [1.165, 1.54) is 6.07 Å². The second kappa shape index (κ2) is 4.94.